The lowest BCUT2D eigenvalue weighted by Gasteiger charge is -2.10. The van der Waals surface area contributed by atoms with Gasteiger partial charge in [-0.25, -0.2) is 5.43 Å². The van der Waals surface area contributed by atoms with Crippen molar-refractivity contribution in [1.29, 1.82) is 0 Å². The highest BCUT2D eigenvalue weighted by Gasteiger charge is 2.12. The van der Waals surface area contributed by atoms with Gasteiger partial charge in [-0.2, -0.15) is 5.10 Å². The Morgan fingerprint density at radius 1 is 0.933 bits per heavy atom. The minimum absolute atomic E-state index is 0.239. The number of hydrazone groups is 1. The lowest BCUT2D eigenvalue weighted by molar-refractivity contribution is -0.120. The Balaban J connectivity index is 1.89. The predicted octanol–water partition coefficient (Wildman–Crippen LogP) is 1.99. The number of hydrogen-bond donors (Lipinski definition) is 2. The summed E-state index contributed by atoms with van der Waals surface area (Å²) < 4.78 is 21.0. The van der Waals surface area contributed by atoms with Gasteiger partial charge in [-0.15, -0.1) is 0 Å². The molecule has 2 rings (SSSR count). The molecule has 160 valence electrons. The quantitative estimate of drug-likeness (QED) is 0.454. The molecule has 9 heteroatoms. The SMILES string of the molecule is CCOc1cc(/C=N\NC(=O)CNC(=O)c2ccc(OC)c(OC)c2)ccc1OC. The van der Waals surface area contributed by atoms with Gasteiger partial charge >= 0.3 is 0 Å². The zero-order valence-electron chi connectivity index (χ0n) is 17.4. The Morgan fingerprint density at radius 2 is 1.60 bits per heavy atom. The summed E-state index contributed by atoms with van der Waals surface area (Å²) in [6.07, 6.45) is 1.47. The van der Waals surface area contributed by atoms with Crippen molar-refractivity contribution in [1.82, 2.24) is 10.7 Å². The maximum Gasteiger partial charge on any atom is 0.259 e. The van der Waals surface area contributed by atoms with Crippen LogP contribution in [-0.2, 0) is 4.79 Å². The van der Waals surface area contributed by atoms with E-state index < -0.39 is 11.8 Å². The first-order valence-electron chi connectivity index (χ1n) is 9.15. The van der Waals surface area contributed by atoms with Gasteiger partial charge in [0.1, 0.15) is 0 Å². The van der Waals surface area contributed by atoms with Crippen molar-refractivity contribution in [2.75, 3.05) is 34.5 Å². The molecule has 0 aliphatic heterocycles. The number of nitrogens with zero attached hydrogens (tertiary/aromatic N) is 1. The van der Waals surface area contributed by atoms with Gasteiger partial charge in [0.05, 0.1) is 40.7 Å². The van der Waals surface area contributed by atoms with E-state index in [0.717, 1.165) is 0 Å². The second-order valence-corrected chi connectivity index (χ2v) is 5.89. The third-order valence-corrected chi connectivity index (χ3v) is 3.95. The molecule has 0 atom stereocenters. The first-order valence-corrected chi connectivity index (χ1v) is 9.15. The van der Waals surface area contributed by atoms with E-state index in [2.05, 4.69) is 15.8 Å². The Morgan fingerprint density at radius 3 is 2.27 bits per heavy atom. The molecule has 0 bridgehead atoms. The van der Waals surface area contributed by atoms with Crippen molar-refractivity contribution in [2.45, 2.75) is 6.92 Å². The molecule has 0 aliphatic carbocycles. The van der Waals surface area contributed by atoms with Crippen molar-refractivity contribution in [3.63, 3.8) is 0 Å². The van der Waals surface area contributed by atoms with Crippen LogP contribution >= 0.6 is 0 Å². The summed E-state index contributed by atoms with van der Waals surface area (Å²) >= 11 is 0. The minimum Gasteiger partial charge on any atom is -0.493 e. The molecule has 0 unspecified atom stereocenters. The largest absolute Gasteiger partial charge is 0.493 e. The average molecular weight is 415 g/mol. The predicted molar refractivity (Wildman–Crippen MR) is 112 cm³/mol. The first-order chi connectivity index (χ1) is 14.5. The number of carbonyl (C=O) groups is 2. The topological polar surface area (TPSA) is 107 Å². The van der Waals surface area contributed by atoms with E-state index >= 15 is 0 Å². The lowest BCUT2D eigenvalue weighted by atomic mass is 10.2. The molecule has 0 aliphatic rings. The molecular weight excluding hydrogens is 390 g/mol. The zero-order chi connectivity index (χ0) is 21.9. The summed E-state index contributed by atoms with van der Waals surface area (Å²) in [7, 11) is 4.54. The van der Waals surface area contributed by atoms with E-state index in [1.54, 1.807) is 37.4 Å². The summed E-state index contributed by atoms with van der Waals surface area (Å²) in [6.45, 7) is 2.13. The third kappa shape index (κ3) is 6.13. The van der Waals surface area contributed by atoms with E-state index in [1.807, 2.05) is 6.92 Å². The standard InChI is InChI=1S/C21H25N3O6/c1-5-30-19-10-14(6-8-17(19)28-3)12-23-24-20(25)13-22-21(26)15-7-9-16(27-2)18(11-15)29-4/h6-12H,5,13H2,1-4H3,(H,22,26)(H,24,25)/b23-12-. The monoisotopic (exact) mass is 415 g/mol. The van der Waals surface area contributed by atoms with Gasteiger partial charge in [0.2, 0.25) is 0 Å². The molecule has 9 nitrogen and oxygen atoms in total. The number of carbonyl (C=O) groups excluding carboxylic acids is 2. The van der Waals surface area contributed by atoms with Gasteiger partial charge in [-0.3, -0.25) is 9.59 Å². The van der Waals surface area contributed by atoms with Gasteiger partial charge < -0.3 is 24.3 Å². The Kier molecular flexibility index (Phi) is 8.49. The van der Waals surface area contributed by atoms with Crippen molar-refractivity contribution in [2.24, 2.45) is 5.10 Å². The van der Waals surface area contributed by atoms with Gasteiger partial charge in [0.15, 0.2) is 23.0 Å². The van der Waals surface area contributed by atoms with Gasteiger partial charge in [0, 0.05) is 5.56 Å². The molecule has 0 spiro atoms. The lowest BCUT2D eigenvalue weighted by Crippen LogP contribution is -2.34. The second kappa shape index (κ2) is 11.3. The molecule has 0 fully saturated rings. The van der Waals surface area contributed by atoms with Crippen LogP contribution in [0, 0.1) is 0 Å². The highest BCUT2D eigenvalue weighted by Crippen LogP contribution is 2.28. The summed E-state index contributed by atoms with van der Waals surface area (Å²) in [4.78, 5) is 24.2. The number of hydrogen-bond acceptors (Lipinski definition) is 7. The number of rotatable bonds is 10. The van der Waals surface area contributed by atoms with E-state index in [1.165, 1.54) is 26.5 Å². The molecule has 0 saturated heterocycles. The van der Waals surface area contributed by atoms with Gasteiger partial charge in [-0.05, 0) is 48.9 Å². The maximum absolute atomic E-state index is 12.2. The molecule has 2 N–H and O–H groups in total. The number of benzene rings is 2. The van der Waals surface area contributed by atoms with E-state index in [4.69, 9.17) is 18.9 Å². The highest BCUT2D eigenvalue weighted by molar-refractivity contribution is 5.97. The zero-order valence-corrected chi connectivity index (χ0v) is 17.4. The summed E-state index contributed by atoms with van der Waals surface area (Å²) in [6, 6.07) is 9.99. The van der Waals surface area contributed by atoms with Crippen LogP contribution in [0.2, 0.25) is 0 Å². The van der Waals surface area contributed by atoms with Crippen molar-refractivity contribution < 1.29 is 28.5 Å². The van der Waals surface area contributed by atoms with E-state index in [-0.39, 0.29) is 6.54 Å². The van der Waals surface area contributed by atoms with Crippen LogP contribution in [0.4, 0.5) is 0 Å². The fraction of sp³-hybridized carbons (Fsp3) is 0.286. The molecule has 0 saturated carbocycles. The van der Waals surface area contributed by atoms with Gasteiger partial charge in [-0.1, -0.05) is 0 Å². The molecule has 2 amide bonds. The summed E-state index contributed by atoms with van der Waals surface area (Å²) in [5.41, 5.74) is 3.41. The first kappa shape index (κ1) is 22.5. The summed E-state index contributed by atoms with van der Waals surface area (Å²) in [5, 5.41) is 6.41. The Bertz CT molecular complexity index is 914. The molecular formula is C21H25N3O6. The molecule has 2 aromatic carbocycles. The van der Waals surface area contributed by atoms with Gasteiger partial charge in [0.25, 0.3) is 11.8 Å². The normalized spacial score (nSPS) is 10.4. The molecule has 2 aromatic rings. The third-order valence-electron chi connectivity index (χ3n) is 3.95. The number of amides is 2. The van der Waals surface area contributed by atoms with E-state index in [0.29, 0.717) is 40.7 Å². The maximum atomic E-state index is 12.2. The van der Waals surface area contributed by atoms with Crippen LogP contribution in [0.1, 0.15) is 22.8 Å². The van der Waals surface area contributed by atoms with Crippen LogP contribution in [-0.4, -0.2) is 52.5 Å². The smallest absolute Gasteiger partial charge is 0.259 e. The molecule has 0 heterocycles. The minimum atomic E-state index is -0.473. The number of nitrogens with one attached hydrogen (secondary N) is 2. The molecule has 0 radical (unpaired) electrons. The molecule has 0 aromatic heterocycles. The fourth-order valence-corrected chi connectivity index (χ4v) is 2.50. The van der Waals surface area contributed by atoms with Crippen LogP contribution in [0.5, 0.6) is 23.0 Å². The number of methoxy groups -OCH3 is 3. The Labute approximate surface area is 175 Å². The fourth-order valence-electron chi connectivity index (χ4n) is 2.50. The highest BCUT2D eigenvalue weighted by atomic mass is 16.5. The van der Waals surface area contributed by atoms with Crippen molar-refractivity contribution >= 4 is 18.0 Å². The number of ether oxygens (including phenoxy) is 4. The second-order valence-electron chi connectivity index (χ2n) is 5.89. The average Bonchev–Trinajstić information content (AvgIpc) is 2.77. The Hall–Kier alpha value is -3.75. The van der Waals surface area contributed by atoms with E-state index in [9.17, 15) is 9.59 Å². The van der Waals surface area contributed by atoms with Crippen LogP contribution in [0.15, 0.2) is 41.5 Å². The summed E-state index contributed by atoms with van der Waals surface area (Å²) in [5.74, 6) is 1.22. The van der Waals surface area contributed by atoms with Crippen molar-refractivity contribution in [3.05, 3.63) is 47.5 Å². The van der Waals surface area contributed by atoms with Crippen LogP contribution in [0.3, 0.4) is 0 Å². The van der Waals surface area contributed by atoms with Crippen LogP contribution in [0.25, 0.3) is 0 Å². The van der Waals surface area contributed by atoms with Crippen molar-refractivity contribution in [3.8, 4) is 23.0 Å². The van der Waals surface area contributed by atoms with Crippen LogP contribution < -0.4 is 29.7 Å². The molecule has 30 heavy (non-hydrogen) atoms.